The lowest BCUT2D eigenvalue weighted by Crippen LogP contribution is -2.53. The number of hydrogen-bond acceptors (Lipinski definition) is 2. The van der Waals surface area contributed by atoms with Gasteiger partial charge in [0, 0.05) is 24.1 Å². The van der Waals surface area contributed by atoms with Gasteiger partial charge in [-0.05, 0) is 55.7 Å². The summed E-state index contributed by atoms with van der Waals surface area (Å²) in [5, 5.41) is 12.3. The van der Waals surface area contributed by atoms with Crippen LogP contribution in [0, 0.1) is 5.82 Å². The van der Waals surface area contributed by atoms with E-state index in [0.29, 0.717) is 18.4 Å². The van der Waals surface area contributed by atoms with Gasteiger partial charge in [-0.1, -0.05) is 42.5 Å². The van der Waals surface area contributed by atoms with Gasteiger partial charge in [0.25, 0.3) is 0 Å². The molecule has 3 rings (SSSR count). The molecule has 1 amide bonds. The molecular weight excluding hydrogens is 329 g/mol. The fraction of sp³-hybridized carbons (Fsp3) is 0.409. The minimum Gasteiger partial charge on any atom is -0.396 e. The Morgan fingerprint density at radius 3 is 2.46 bits per heavy atom. The van der Waals surface area contributed by atoms with Crippen molar-refractivity contribution in [2.75, 3.05) is 6.61 Å². The maximum absolute atomic E-state index is 13.8. The molecule has 2 aromatic rings. The second-order valence-electron chi connectivity index (χ2n) is 7.19. The molecule has 1 aliphatic carbocycles. The first-order chi connectivity index (χ1) is 12.6. The number of benzene rings is 2. The second kappa shape index (κ2) is 8.45. The van der Waals surface area contributed by atoms with E-state index < -0.39 is 0 Å². The zero-order valence-corrected chi connectivity index (χ0v) is 15.0. The number of aliphatic hydroxyl groups is 1. The molecule has 26 heavy (non-hydrogen) atoms. The Morgan fingerprint density at radius 1 is 1.12 bits per heavy atom. The van der Waals surface area contributed by atoms with Crippen molar-refractivity contribution in [2.24, 2.45) is 0 Å². The van der Waals surface area contributed by atoms with Crippen molar-refractivity contribution in [3.8, 4) is 11.1 Å². The average Bonchev–Trinajstić information content (AvgIpc) is 2.61. The molecule has 0 bridgehead atoms. The van der Waals surface area contributed by atoms with Gasteiger partial charge in [0.15, 0.2) is 0 Å². The highest BCUT2D eigenvalue weighted by Gasteiger charge is 2.37. The molecule has 138 valence electrons. The number of rotatable bonds is 8. The smallest absolute Gasteiger partial charge is 0.220 e. The summed E-state index contributed by atoms with van der Waals surface area (Å²) in [7, 11) is 0. The summed E-state index contributed by atoms with van der Waals surface area (Å²) in [6.45, 7) is 0.120. The van der Waals surface area contributed by atoms with Gasteiger partial charge in [0.1, 0.15) is 5.82 Å². The van der Waals surface area contributed by atoms with Crippen molar-refractivity contribution in [1.29, 1.82) is 0 Å². The van der Waals surface area contributed by atoms with Gasteiger partial charge in [-0.3, -0.25) is 4.79 Å². The number of amides is 1. The number of hydrogen-bond donors (Lipinski definition) is 2. The highest BCUT2D eigenvalue weighted by Crippen LogP contribution is 2.34. The Bertz CT molecular complexity index is 738. The molecule has 2 N–H and O–H groups in total. The van der Waals surface area contributed by atoms with Gasteiger partial charge < -0.3 is 10.4 Å². The Labute approximate surface area is 154 Å². The topological polar surface area (TPSA) is 49.3 Å². The van der Waals surface area contributed by atoms with E-state index >= 15 is 0 Å². The zero-order valence-electron chi connectivity index (χ0n) is 15.0. The first-order valence-corrected chi connectivity index (χ1v) is 9.38. The van der Waals surface area contributed by atoms with Crippen LogP contribution < -0.4 is 5.32 Å². The molecule has 0 spiro atoms. The molecule has 3 nitrogen and oxygen atoms in total. The summed E-state index contributed by atoms with van der Waals surface area (Å²) in [5.41, 5.74) is 2.45. The van der Waals surface area contributed by atoms with E-state index in [1.165, 1.54) is 6.07 Å². The highest BCUT2D eigenvalue weighted by molar-refractivity contribution is 5.77. The summed E-state index contributed by atoms with van der Waals surface area (Å²) in [6, 6.07) is 14.6. The quantitative estimate of drug-likeness (QED) is 0.744. The van der Waals surface area contributed by atoms with Crippen molar-refractivity contribution >= 4 is 5.91 Å². The summed E-state index contributed by atoms with van der Waals surface area (Å²) in [4.78, 5) is 12.2. The zero-order chi connectivity index (χ0) is 18.4. The number of nitrogens with one attached hydrogen (secondary N) is 1. The summed E-state index contributed by atoms with van der Waals surface area (Å²) >= 11 is 0. The largest absolute Gasteiger partial charge is 0.396 e. The van der Waals surface area contributed by atoms with E-state index in [2.05, 4.69) is 5.32 Å². The van der Waals surface area contributed by atoms with Crippen LogP contribution in [0.1, 0.15) is 44.1 Å². The fourth-order valence-corrected chi connectivity index (χ4v) is 3.61. The van der Waals surface area contributed by atoms with Crippen LogP contribution in [-0.2, 0) is 11.2 Å². The molecule has 0 heterocycles. The van der Waals surface area contributed by atoms with Crippen LogP contribution in [0.15, 0.2) is 48.5 Å². The van der Waals surface area contributed by atoms with Gasteiger partial charge in [-0.2, -0.15) is 0 Å². The van der Waals surface area contributed by atoms with E-state index in [1.54, 1.807) is 12.1 Å². The van der Waals surface area contributed by atoms with Crippen molar-refractivity contribution in [1.82, 2.24) is 5.32 Å². The van der Waals surface area contributed by atoms with Crippen LogP contribution in [0.3, 0.4) is 0 Å². The van der Waals surface area contributed by atoms with Gasteiger partial charge >= 0.3 is 0 Å². The van der Waals surface area contributed by atoms with Crippen LogP contribution in [0.4, 0.5) is 4.39 Å². The van der Waals surface area contributed by atoms with Crippen LogP contribution in [0.25, 0.3) is 11.1 Å². The standard InChI is InChI=1S/C22H26FNO2/c23-20-7-2-1-6-19(20)18-11-9-17(10-12-18)5-3-8-21(26)24-22(15-16-25)13-4-14-22/h1-2,6-7,9-12,25H,3-5,8,13-16H2,(H,24,26). The molecule has 1 fully saturated rings. The maximum atomic E-state index is 13.8. The predicted octanol–water partition coefficient (Wildman–Crippen LogP) is 4.24. The monoisotopic (exact) mass is 355 g/mol. The van der Waals surface area contributed by atoms with E-state index in [-0.39, 0.29) is 23.9 Å². The van der Waals surface area contributed by atoms with Crippen molar-refractivity contribution in [3.63, 3.8) is 0 Å². The van der Waals surface area contributed by atoms with Gasteiger partial charge in [-0.15, -0.1) is 0 Å². The van der Waals surface area contributed by atoms with Gasteiger partial charge in [0.2, 0.25) is 5.91 Å². The molecule has 0 aliphatic heterocycles. The third kappa shape index (κ3) is 4.50. The fourth-order valence-electron chi connectivity index (χ4n) is 3.61. The molecule has 2 aromatic carbocycles. The third-order valence-electron chi connectivity index (χ3n) is 5.31. The van der Waals surface area contributed by atoms with Crippen LogP contribution in [0.5, 0.6) is 0 Å². The lowest BCUT2D eigenvalue weighted by atomic mass is 9.74. The van der Waals surface area contributed by atoms with E-state index in [1.807, 2.05) is 30.3 Å². The Kier molecular flexibility index (Phi) is 6.04. The molecule has 0 unspecified atom stereocenters. The highest BCUT2D eigenvalue weighted by atomic mass is 19.1. The number of carbonyl (C=O) groups is 1. The van der Waals surface area contributed by atoms with Gasteiger partial charge in [0.05, 0.1) is 0 Å². The normalized spacial score (nSPS) is 15.3. The van der Waals surface area contributed by atoms with Crippen LogP contribution >= 0.6 is 0 Å². The number of carbonyl (C=O) groups excluding carboxylic acids is 1. The molecule has 4 heteroatoms. The Hall–Kier alpha value is -2.20. The molecule has 1 aliphatic rings. The van der Waals surface area contributed by atoms with Crippen molar-refractivity contribution < 1.29 is 14.3 Å². The predicted molar refractivity (Wildman–Crippen MR) is 101 cm³/mol. The van der Waals surface area contributed by atoms with Crippen LogP contribution in [-0.4, -0.2) is 23.2 Å². The molecular formula is C22H26FNO2. The van der Waals surface area contributed by atoms with Gasteiger partial charge in [-0.25, -0.2) is 4.39 Å². The minimum absolute atomic E-state index is 0.0705. The van der Waals surface area contributed by atoms with E-state index in [9.17, 15) is 9.18 Å². The van der Waals surface area contributed by atoms with Crippen molar-refractivity contribution in [3.05, 3.63) is 59.9 Å². The lowest BCUT2D eigenvalue weighted by molar-refractivity contribution is -0.124. The summed E-state index contributed by atoms with van der Waals surface area (Å²) in [6.07, 6.45) is 5.79. The number of aryl methyl sites for hydroxylation is 1. The first-order valence-electron chi connectivity index (χ1n) is 9.38. The first kappa shape index (κ1) is 18.6. The maximum Gasteiger partial charge on any atom is 0.220 e. The third-order valence-corrected chi connectivity index (χ3v) is 5.31. The number of halogens is 1. The van der Waals surface area contributed by atoms with Crippen LogP contribution in [0.2, 0.25) is 0 Å². The molecule has 0 aromatic heterocycles. The molecule has 0 saturated heterocycles. The van der Waals surface area contributed by atoms with Crippen molar-refractivity contribution in [2.45, 2.75) is 50.5 Å². The SMILES string of the molecule is O=C(CCCc1ccc(-c2ccccc2F)cc1)NC1(CCO)CCC1. The lowest BCUT2D eigenvalue weighted by Gasteiger charge is -2.42. The van der Waals surface area contributed by atoms with E-state index in [4.69, 9.17) is 5.11 Å². The molecule has 0 atom stereocenters. The average molecular weight is 355 g/mol. The molecule has 0 radical (unpaired) electrons. The Balaban J connectivity index is 1.48. The number of aliphatic hydroxyl groups excluding tert-OH is 1. The minimum atomic E-state index is -0.218. The summed E-state index contributed by atoms with van der Waals surface area (Å²) in [5.74, 6) is -0.147. The van der Waals surface area contributed by atoms with E-state index in [0.717, 1.165) is 43.2 Å². The summed E-state index contributed by atoms with van der Waals surface area (Å²) < 4.78 is 13.8. The second-order valence-corrected chi connectivity index (χ2v) is 7.19. The molecule has 1 saturated carbocycles. The Morgan fingerprint density at radius 2 is 1.85 bits per heavy atom.